The average molecular weight is 218 g/mol. The molecule has 0 aromatic heterocycles. The number of carbonyl (C=O) groups excluding carboxylic acids is 2. The van der Waals surface area contributed by atoms with Crippen molar-refractivity contribution in [2.24, 2.45) is 5.73 Å². The first-order valence-electron chi connectivity index (χ1n) is 4.24. The second kappa shape index (κ2) is 5.97. The van der Waals surface area contributed by atoms with Crippen LogP contribution in [0.3, 0.4) is 0 Å². The Morgan fingerprint density at radius 1 is 1.47 bits per heavy atom. The Kier molecular flexibility index (Phi) is 5.32. The first-order chi connectivity index (χ1) is 6.88. The minimum absolute atomic E-state index is 0.486. The largest absolute Gasteiger partial charge is 0.481 e. The monoisotopic (exact) mass is 218 g/mol. The zero-order chi connectivity index (χ0) is 12.0. The molecule has 0 aliphatic carbocycles. The molecule has 0 saturated carbocycles. The summed E-state index contributed by atoms with van der Waals surface area (Å²) in [5, 5.41) is 10.6. The Labute approximate surface area is 86.6 Å². The summed E-state index contributed by atoms with van der Waals surface area (Å²) in [7, 11) is 1.18. The van der Waals surface area contributed by atoms with Crippen molar-refractivity contribution in [1.82, 2.24) is 5.32 Å². The lowest BCUT2D eigenvalue weighted by molar-refractivity contribution is -0.144. The summed E-state index contributed by atoms with van der Waals surface area (Å²) in [6, 6.07) is -2.02. The third-order valence-corrected chi connectivity index (χ3v) is 1.64. The molecule has 0 fully saturated rings. The second-order valence-corrected chi connectivity index (χ2v) is 2.96. The van der Waals surface area contributed by atoms with Gasteiger partial charge in [0.15, 0.2) is 0 Å². The van der Waals surface area contributed by atoms with Crippen molar-refractivity contribution in [2.75, 3.05) is 7.11 Å². The van der Waals surface area contributed by atoms with Crippen LogP contribution in [0.5, 0.6) is 0 Å². The quantitative estimate of drug-likeness (QED) is 0.481. The topological polar surface area (TPSA) is 119 Å². The molecular formula is C8H14N2O5. The molecule has 0 spiro atoms. The lowest BCUT2D eigenvalue weighted by atomic mass is 10.2. The summed E-state index contributed by atoms with van der Waals surface area (Å²) in [6.07, 6.45) is -0.486. The standard InChI is InChI=1S/C8H14N2O5/c1-4(8(14)15-2)10-7(13)5(9)3-6(11)12/h4-5H,3,9H2,1-2H3,(H,10,13)(H,11,12)/t4-,5-/m0/s1. The van der Waals surface area contributed by atoms with Gasteiger partial charge >= 0.3 is 11.9 Å². The molecule has 0 aliphatic heterocycles. The van der Waals surface area contributed by atoms with Crippen LogP contribution in [0.1, 0.15) is 13.3 Å². The van der Waals surface area contributed by atoms with Crippen LogP contribution in [-0.2, 0) is 19.1 Å². The van der Waals surface area contributed by atoms with E-state index in [9.17, 15) is 14.4 Å². The maximum absolute atomic E-state index is 11.2. The molecule has 0 unspecified atom stereocenters. The van der Waals surface area contributed by atoms with Crippen molar-refractivity contribution in [3.63, 3.8) is 0 Å². The summed E-state index contributed by atoms with van der Waals surface area (Å²) in [4.78, 5) is 32.3. The molecule has 2 atom stereocenters. The van der Waals surface area contributed by atoms with Gasteiger partial charge < -0.3 is 20.9 Å². The van der Waals surface area contributed by atoms with Gasteiger partial charge in [-0.1, -0.05) is 0 Å². The van der Waals surface area contributed by atoms with E-state index in [-0.39, 0.29) is 0 Å². The molecule has 0 aromatic carbocycles. The Morgan fingerprint density at radius 3 is 2.40 bits per heavy atom. The molecule has 7 nitrogen and oxygen atoms in total. The normalized spacial score (nSPS) is 13.8. The van der Waals surface area contributed by atoms with Crippen molar-refractivity contribution in [3.05, 3.63) is 0 Å². The predicted octanol–water partition coefficient (Wildman–Crippen LogP) is -1.53. The molecule has 15 heavy (non-hydrogen) atoms. The molecule has 0 aromatic rings. The van der Waals surface area contributed by atoms with Crippen molar-refractivity contribution >= 4 is 17.8 Å². The second-order valence-electron chi connectivity index (χ2n) is 2.96. The van der Waals surface area contributed by atoms with Gasteiger partial charge in [0, 0.05) is 0 Å². The number of hydrogen-bond donors (Lipinski definition) is 3. The lowest BCUT2D eigenvalue weighted by Gasteiger charge is -2.14. The van der Waals surface area contributed by atoms with E-state index in [0.29, 0.717) is 0 Å². The SMILES string of the molecule is COC(=O)[C@H](C)NC(=O)[C@@H](N)CC(=O)O. The van der Waals surface area contributed by atoms with Crippen LogP contribution in [0.25, 0.3) is 0 Å². The fourth-order valence-corrected chi connectivity index (χ4v) is 0.837. The Balaban J connectivity index is 4.12. The number of nitrogens with two attached hydrogens (primary N) is 1. The fourth-order valence-electron chi connectivity index (χ4n) is 0.837. The van der Waals surface area contributed by atoms with Crippen LogP contribution in [0, 0.1) is 0 Å². The van der Waals surface area contributed by atoms with Crippen molar-refractivity contribution in [3.8, 4) is 0 Å². The molecule has 0 saturated heterocycles. The van der Waals surface area contributed by atoms with Gasteiger partial charge in [-0.25, -0.2) is 4.79 Å². The first-order valence-corrected chi connectivity index (χ1v) is 4.24. The number of rotatable bonds is 5. The highest BCUT2D eigenvalue weighted by molar-refractivity contribution is 5.89. The number of nitrogens with one attached hydrogen (secondary N) is 1. The van der Waals surface area contributed by atoms with E-state index in [1.807, 2.05) is 0 Å². The van der Waals surface area contributed by atoms with Gasteiger partial charge in [-0.15, -0.1) is 0 Å². The third kappa shape index (κ3) is 4.96. The molecule has 7 heteroatoms. The van der Waals surface area contributed by atoms with E-state index in [1.165, 1.54) is 14.0 Å². The Hall–Kier alpha value is -1.63. The number of ether oxygens (including phenoxy) is 1. The molecule has 0 radical (unpaired) electrons. The molecular weight excluding hydrogens is 204 g/mol. The van der Waals surface area contributed by atoms with Crippen molar-refractivity contribution in [2.45, 2.75) is 25.4 Å². The minimum Gasteiger partial charge on any atom is -0.481 e. The molecule has 0 heterocycles. The van der Waals surface area contributed by atoms with E-state index in [0.717, 1.165) is 0 Å². The fraction of sp³-hybridized carbons (Fsp3) is 0.625. The zero-order valence-corrected chi connectivity index (χ0v) is 8.52. The highest BCUT2D eigenvalue weighted by Crippen LogP contribution is 1.92. The third-order valence-electron chi connectivity index (χ3n) is 1.64. The van der Waals surface area contributed by atoms with E-state index < -0.39 is 36.4 Å². The molecule has 1 amide bonds. The van der Waals surface area contributed by atoms with E-state index in [1.54, 1.807) is 0 Å². The summed E-state index contributed by atoms with van der Waals surface area (Å²) in [5.41, 5.74) is 5.26. The number of amides is 1. The number of hydrogen-bond acceptors (Lipinski definition) is 5. The molecule has 86 valence electrons. The Morgan fingerprint density at radius 2 is 2.00 bits per heavy atom. The predicted molar refractivity (Wildman–Crippen MR) is 49.8 cm³/mol. The van der Waals surface area contributed by atoms with Crippen LogP contribution < -0.4 is 11.1 Å². The number of carboxylic acids is 1. The smallest absolute Gasteiger partial charge is 0.328 e. The summed E-state index contributed by atoms with van der Waals surface area (Å²) in [6.45, 7) is 1.41. The van der Waals surface area contributed by atoms with Crippen LogP contribution >= 0.6 is 0 Å². The van der Waals surface area contributed by atoms with Gasteiger partial charge in [0.25, 0.3) is 0 Å². The highest BCUT2D eigenvalue weighted by Gasteiger charge is 2.21. The zero-order valence-electron chi connectivity index (χ0n) is 8.52. The number of methoxy groups -OCH3 is 1. The van der Waals surface area contributed by atoms with Crippen LogP contribution in [-0.4, -0.2) is 42.1 Å². The highest BCUT2D eigenvalue weighted by atomic mass is 16.5. The van der Waals surface area contributed by atoms with E-state index >= 15 is 0 Å². The number of aliphatic carboxylic acids is 1. The van der Waals surface area contributed by atoms with Crippen LogP contribution in [0.2, 0.25) is 0 Å². The van der Waals surface area contributed by atoms with Gasteiger partial charge in [-0.2, -0.15) is 0 Å². The van der Waals surface area contributed by atoms with Gasteiger partial charge in [0.1, 0.15) is 6.04 Å². The van der Waals surface area contributed by atoms with Gasteiger partial charge in [-0.05, 0) is 6.92 Å². The molecule has 0 aliphatic rings. The van der Waals surface area contributed by atoms with Gasteiger partial charge in [0.05, 0.1) is 19.6 Å². The minimum atomic E-state index is -1.18. The maximum Gasteiger partial charge on any atom is 0.328 e. The lowest BCUT2D eigenvalue weighted by Crippen LogP contribution is -2.48. The van der Waals surface area contributed by atoms with Gasteiger partial charge in [0.2, 0.25) is 5.91 Å². The number of carboxylic acid groups (broad SMARTS) is 1. The average Bonchev–Trinajstić information content (AvgIpc) is 2.15. The van der Waals surface area contributed by atoms with Crippen LogP contribution in [0.15, 0.2) is 0 Å². The van der Waals surface area contributed by atoms with Crippen LogP contribution in [0.4, 0.5) is 0 Å². The van der Waals surface area contributed by atoms with Crippen molar-refractivity contribution in [1.29, 1.82) is 0 Å². The van der Waals surface area contributed by atoms with E-state index in [4.69, 9.17) is 10.8 Å². The maximum atomic E-state index is 11.2. The molecule has 0 bridgehead atoms. The molecule has 0 rings (SSSR count). The number of esters is 1. The van der Waals surface area contributed by atoms with E-state index in [2.05, 4.69) is 10.1 Å². The molecule has 4 N–H and O–H groups in total. The summed E-state index contributed by atoms with van der Waals surface area (Å²) < 4.78 is 4.36. The summed E-state index contributed by atoms with van der Waals surface area (Å²) in [5.74, 6) is -2.50. The van der Waals surface area contributed by atoms with Crippen molar-refractivity contribution < 1.29 is 24.2 Å². The number of carbonyl (C=O) groups is 3. The first kappa shape index (κ1) is 13.4. The van der Waals surface area contributed by atoms with Gasteiger partial charge in [-0.3, -0.25) is 9.59 Å². The Bertz CT molecular complexity index is 266. The summed E-state index contributed by atoms with van der Waals surface area (Å²) >= 11 is 0.